The molecule has 5 atom stereocenters. The van der Waals surface area contributed by atoms with Crippen LogP contribution in [0.5, 0.6) is 0 Å². The Bertz CT molecular complexity index is 885. The van der Waals surface area contributed by atoms with Gasteiger partial charge in [0.05, 0.1) is 22.0 Å². The van der Waals surface area contributed by atoms with Crippen LogP contribution in [0.15, 0.2) is 18.2 Å². The van der Waals surface area contributed by atoms with Gasteiger partial charge in [-0.1, -0.05) is 56.0 Å². The van der Waals surface area contributed by atoms with E-state index in [9.17, 15) is 24.2 Å². The fourth-order valence-electron chi connectivity index (χ4n) is 4.47. The van der Waals surface area contributed by atoms with Gasteiger partial charge in [-0.25, -0.2) is 4.79 Å². The third-order valence-corrected chi connectivity index (χ3v) is 8.08. The summed E-state index contributed by atoms with van der Waals surface area (Å²) in [5, 5.41) is 11.7. The van der Waals surface area contributed by atoms with Crippen LogP contribution < -0.4 is 0 Å². The van der Waals surface area contributed by atoms with Crippen LogP contribution >= 0.6 is 31.2 Å². The Morgan fingerprint density at radius 1 is 1.14 bits per heavy atom. The van der Waals surface area contributed by atoms with Gasteiger partial charge < -0.3 is 19.5 Å². The molecule has 8 nitrogen and oxygen atoms in total. The van der Waals surface area contributed by atoms with Crippen molar-refractivity contribution in [2.24, 2.45) is 17.8 Å². The summed E-state index contributed by atoms with van der Waals surface area (Å²) in [5.74, 6) is -0.349. The quantitative estimate of drug-likeness (QED) is 0.196. The number of halogens is 2. The summed E-state index contributed by atoms with van der Waals surface area (Å²) in [4.78, 5) is 35.1. The van der Waals surface area contributed by atoms with Crippen molar-refractivity contribution in [1.29, 1.82) is 0 Å². The highest BCUT2D eigenvalue weighted by atomic mass is 35.5. The van der Waals surface area contributed by atoms with Gasteiger partial charge in [-0.05, 0) is 62.1 Å². The molecule has 0 spiro atoms. The summed E-state index contributed by atoms with van der Waals surface area (Å²) < 4.78 is 21.4. The molecular formula is C24H36Cl2NO7P. The molecule has 2 rings (SSSR count). The van der Waals surface area contributed by atoms with E-state index in [1.807, 2.05) is 0 Å². The van der Waals surface area contributed by atoms with E-state index in [-0.39, 0.29) is 11.8 Å². The zero-order valence-electron chi connectivity index (χ0n) is 20.4. The molecule has 1 aromatic carbocycles. The number of ether oxygens (including phenoxy) is 2. The molecule has 198 valence electrons. The first-order valence-electron chi connectivity index (χ1n) is 12.0. The predicted octanol–water partition coefficient (Wildman–Crippen LogP) is 6.02. The van der Waals surface area contributed by atoms with Crippen molar-refractivity contribution in [3.05, 3.63) is 33.8 Å². The van der Waals surface area contributed by atoms with E-state index in [0.717, 1.165) is 25.7 Å². The molecule has 1 amide bonds. The van der Waals surface area contributed by atoms with Gasteiger partial charge in [-0.2, -0.15) is 0 Å². The number of esters is 1. The molecule has 0 radical (unpaired) electrons. The van der Waals surface area contributed by atoms with Crippen LogP contribution in [-0.2, 0) is 18.8 Å². The predicted molar refractivity (Wildman–Crippen MR) is 136 cm³/mol. The number of aliphatic hydroxyl groups excluding tert-OH is 1. The summed E-state index contributed by atoms with van der Waals surface area (Å²) >= 11 is 12.2. The number of aliphatic hydroxyl groups is 1. The second-order valence-corrected chi connectivity index (χ2v) is 11.5. The highest BCUT2D eigenvalue weighted by Gasteiger charge is 2.31. The number of amides is 1. The molecule has 0 heterocycles. The van der Waals surface area contributed by atoms with Crippen LogP contribution in [0.25, 0.3) is 0 Å². The van der Waals surface area contributed by atoms with Crippen LogP contribution in [0.1, 0.15) is 70.9 Å². The fraction of sp³-hybridized carbons (Fsp3) is 0.667. The highest BCUT2D eigenvalue weighted by Crippen LogP contribution is 2.37. The molecule has 1 aromatic rings. The average Bonchev–Trinajstić information content (AvgIpc) is 2.79. The van der Waals surface area contributed by atoms with E-state index in [4.69, 9.17) is 32.7 Å². The summed E-state index contributed by atoms with van der Waals surface area (Å²) in [6.07, 6.45) is 3.05. The van der Waals surface area contributed by atoms with E-state index in [1.54, 1.807) is 39.0 Å². The Hall–Kier alpha value is -1.31. The summed E-state index contributed by atoms with van der Waals surface area (Å²) in [6.45, 7) is 4.52. The van der Waals surface area contributed by atoms with Crippen molar-refractivity contribution in [3.63, 3.8) is 0 Å². The third kappa shape index (κ3) is 9.58. The number of nitrogens with zero attached hydrogens (tertiary/aromatic N) is 1. The fourth-order valence-corrected chi connectivity index (χ4v) is 5.64. The lowest BCUT2D eigenvalue weighted by Crippen LogP contribution is -2.43. The van der Waals surface area contributed by atoms with Gasteiger partial charge in [-0.3, -0.25) is 14.3 Å². The van der Waals surface area contributed by atoms with E-state index >= 15 is 0 Å². The van der Waals surface area contributed by atoms with Gasteiger partial charge in [0.2, 0.25) is 6.79 Å². The van der Waals surface area contributed by atoms with Gasteiger partial charge in [0, 0.05) is 6.16 Å². The minimum absolute atomic E-state index is 0.217. The highest BCUT2D eigenvalue weighted by molar-refractivity contribution is 7.38. The minimum Gasteiger partial charge on any atom is -0.428 e. The van der Waals surface area contributed by atoms with E-state index in [1.165, 1.54) is 4.90 Å². The monoisotopic (exact) mass is 551 g/mol. The molecule has 1 fully saturated rings. The third-order valence-electron chi connectivity index (χ3n) is 6.42. The molecule has 0 aromatic heterocycles. The van der Waals surface area contributed by atoms with Crippen molar-refractivity contribution < 1.29 is 33.6 Å². The Kier molecular flexibility index (Phi) is 12.3. The number of carbonyl (C=O) groups is 2. The van der Waals surface area contributed by atoms with Crippen LogP contribution in [0.2, 0.25) is 10.0 Å². The van der Waals surface area contributed by atoms with Crippen LogP contribution in [0.3, 0.4) is 0 Å². The first-order chi connectivity index (χ1) is 16.5. The topological polar surface area (TPSA) is 113 Å². The average molecular weight is 552 g/mol. The normalized spacial score (nSPS) is 20.7. The lowest BCUT2D eigenvalue weighted by atomic mass is 9.80. The molecule has 1 aliphatic rings. The van der Waals surface area contributed by atoms with Gasteiger partial charge in [0.1, 0.15) is 6.23 Å². The van der Waals surface area contributed by atoms with Crippen LogP contribution in [0.4, 0.5) is 4.79 Å². The Morgan fingerprint density at radius 2 is 1.83 bits per heavy atom. The van der Waals surface area contributed by atoms with Crippen molar-refractivity contribution in [2.45, 2.75) is 71.6 Å². The zero-order chi connectivity index (χ0) is 26.1. The Balaban J connectivity index is 2.09. The first-order valence-corrected chi connectivity index (χ1v) is 14.3. The summed E-state index contributed by atoms with van der Waals surface area (Å²) in [6, 6.07) is 4.36. The maximum Gasteiger partial charge on any atom is 0.415 e. The molecule has 0 aliphatic heterocycles. The molecule has 0 bridgehead atoms. The molecule has 35 heavy (non-hydrogen) atoms. The number of carbonyl (C=O) groups excluding carboxylic acids is 2. The first kappa shape index (κ1) is 29.9. The van der Waals surface area contributed by atoms with Crippen molar-refractivity contribution in [2.75, 3.05) is 13.0 Å². The largest absolute Gasteiger partial charge is 0.428 e. The summed E-state index contributed by atoms with van der Waals surface area (Å²) in [7, 11) is -2.50. The van der Waals surface area contributed by atoms with Gasteiger partial charge in [0.15, 0.2) is 8.03 Å². The minimum atomic E-state index is -2.50. The number of hydrogen-bond donors (Lipinski definition) is 2. The van der Waals surface area contributed by atoms with Gasteiger partial charge >= 0.3 is 12.1 Å². The molecule has 0 saturated heterocycles. The number of hydrogen-bond acceptors (Lipinski definition) is 6. The molecular weight excluding hydrogens is 516 g/mol. The number of benzene rings is 1. The second-order valence-electron chi connectivity index (χ2n) is 9.46. The zero-order valence-corrected chi connectivity index (χ0v) is 22.9. The van der Waals surface area contributed by atoms with Crippen molar-refractivity contribution in [1.82, 2.24) is 4.90 Å². The molecule has 1 saturated carbocycles. The van der Waals surface area contributed by atoms with Gasteiger partial charge in [-0.15, -0.1) is 0 Å². The second kappa shape index (κ2) is 14.4. The lowest BCUT2D eigenvalue weighted by molar-refractivity contribution is -0.157. The number of rotatable bonds is 11. The van der Waals surface area contributed by atoms with E-state index in [0.29, 0.717) is 40.5 Å². The molecule has 11 heteroatoms. The Morgan fingerprint density at radius 3 is 2.46 bits per heavy atom. The van der Waals surface area contributed by atoms with E-state index in [2.05, 4.69) is 0 Å². The smallest absolute Gasteiger partial charge is 0.415 e. The lowest BCUT2D eigenvalue weighted by Gasteiger charge is -2.34. The van der Waals surface area contributed by atoms with Gasteiger partial charge in [0.25, 0.3) is 0 Å². The maximum atomic E-state index is 13.0. The maximum absolute atomic E-state index is 13.0. The molecule has 2 N–H and O–H groups in total. The SMILES string of the molecule is CC(C)C(=O)OCOC(=O)N(C(O)CCC1CCCC(C[PH](=O)O)C1)[C@H](C)c1ccc(Cl)c(Cl)c1. The summed E-state index contributed by atoms with van der Waals surface area (Å²) in [5.41, 5.74) is 0.653. The Labute approximate surface area is 217 Å². The van der Waals surface area contributed by atoms with Crippen molar-refractivity contribution in [3.8, 4) is 0 Å². The standard InChI is InChI=1S/C24H36Cl2NO7P/c1-15(2)23(29)33-14-34-24(30)27(16(3)19-8-9-20(25)21(26)12-19)22(28)10-7-17-5-4-6-18(11-17)13-35(31)32/h8-9,12,15-18,22,28,35H,4-7,10-11,13-14H2,1-3H3,(H,31,32)/t16-,17?,18?,22?/m1/s1. The molecule has 1 aliphatic carbocycles. The van der Waals surface area contributed by atoms with Crippen LogP contribution in [-0.4, -0.2) is 46.1 Å². The van der Waals surface area contributed by atoms with E-state index < -0.39 is 39.2 Å². The van der Waals surface area contributed by atoms with Crippen LogP contribution in [0, 0.1) is 17.8 Å². The molecule has 4 unspecified atom stereocenters. The van der Waals surface area contributed by atoms with Crippen molar-refractivity contribution >= 4 is 43.3 Å².